The maximum Gasteiger partial charge on any atom is 0.416 e. The zero-order valence-corrected chi connectivity index (χ0v) is 15.2. The van der Waals surface area contributed by atoms with Crippen LogP contribution in [0.25, 0.3) is 0 Å². The molecule has 0 saturated carbocycles. The smallest absolute Gasteiger partial charge is 0.286 e. The molecular weight excluding hydrogens is 436 g/mol. The van der Waals surface area contributed by atoms with Gasteiger partial charge in [-0.05, 0) is 25.1 Å². The van der Waals surface area contributed by atoms with Crippen LogP contribution in [0.1, 0.15) is 16.8 Å². The van der Waals surface area contributed by atoms with Crippen LogP contribution in [-0.4, -0.2) is 23.1 Å². The molecule has 0 aliphatic heterocycles. The minimum absolute atomic E-state index is 0.00214. The van der Waals surface area contributed by atoms with Crippen molar-refractivity contribution in [2.75, 3.05) is 5.43 Å². The summed E-state index contributed by atoms with van der Waals surface area (Å²) in [7, 11) is -3.80. The van der Waals surface area contributed by atoms with Crippen LogP contribution in [0.3, 0.4) is 0 Å². The quantitative estimate of drug-likeness (QED) is 0.413. The first-order chi connectivity index (χ1) is 13.0. The van der Waals surface area contributed by atoms with Crippen LogP contribution in [0.2, 0.25) is 0 Å². The number of rotatable bonds is 5. The lowest BCUT2D eigenvalue weighted by Gasteiger charge is -2.15. The van der Waals surface area contributed by atoms with E-state index in [1.165, 1.54) is 18.8 Å². The van der Waals surface area contributed by atoms with Gasteiger partial charge >= 0.3 is 18.0 Å². The molecule has 1 aromatic heterocycles. The third kappa shape index (κ3) is 4.76. The molecule has 0 aliphatic carbocycles. The monoisotopic (exact) mass is 447 g/mol. The number of benzene rings is 1. The van der Waals surface area contributed by atoms with Gasteiger partial charge in [-0.15, -0.1) is 4.83 Å². The fourth-order valence-corrected chi connectivity index (χ4v) is 3.17. The molecule has 2 aromatic rings. The van der Waals surface area contributed by atoms with E-state index in [1.807, 2.05) is 5.43 Å². The molecule has 0 unspecified atom stereocenters. The fourth-order valence-electron chi connectivity index (χ4n) is 2.26. The van der Waals surface area contributed by atoms with E-state index < -0.39 is 54.8 Å². The number of aryl methyl sites for hydroxylation is 2. The number of halogens is 6. The summed E-state index contributed by atoms with van der Waals surface area (Å²) in [6.07, 6.45) is -10.5. The number of aromatic nitrogens is 2. The van der Waals surface area contributed by atoms with Gasteiger partial charge in [0, 0.05) is 7.05 Å². The van der Waals surface area contributed by atoms with E-state index in [2.05, 4.69) is 5.10 Å². The first-order valence-corrected chi connectivity index (χ1v) is 8.77. The highest BCUT2D eigenvalue weighted by molar-refractivity contribution is 7.89. The molecule has 0 atom stereocenters. The summed E-state index contributed by atoms with van der Waals surface area (Å²) in [5, 5.41) is 14.7. The lowest BCUT2D eigenvalue weighted by atomic mass is 10.1. The Hall–Kier alpha value is -2.88. The zero-order valence-electron chi connectivity index (χ0n) is 14.4. The number of nitrogens with zero attached hydrogens (tertiary/aromatic N) is 3. The van der Waals surface area contributed by atoms with Crippen molar-refractivity contribution in [1.29, 1.82) is 0 Å². The Morgan fingerprint density at radius 3 is 1.97 bits per heavy atom. The van der Waals surface area contributed by atoms with Crippen molar-refractivity contribution in [1.82, 2.24) is 14.6 Å². The normalized spacial score (nSPS) is 12.8. The number of anilines is 1. The predicted octanol–water partition coefficient (Wildman–Crippen LogP) is 2.98. The predicted molar refractivity (Wildman–Crippen MR) is 85.0 cm³/mol. The highest BCUT2D eigenvalue weighted by atomic mass is 32.2. The number of hydrogen-bond acceptors (Lipinski definition) is 6. The van der Waals surface area contributed by atoms with E-state index >= 15 is 0 Å². The summed E-state index contributed by atoms with van der Waals surface area (Å²) in [5.74, 6) is -0.487. The molecule has 0 bridgehead atoms. The standard InChI is InChI=1S/C13H11F6N5O4S/c1-6-10(24(25)26)11(23(2)21-6)20-22-29(27,28)9-4-7(12(14,15)16)3-8(5-9)13(17,18)19/h3-5,20,22H,1-2H3. The summed E-state index contributed by atoms with van der Waals surface area (Å²) in [4.78, 5) is 10.3. The van der Waals surface area contributed by atoms with E-state index in [9.17, 15) is 44.9 Å². The van der Waals surface area contributed by atoms with E-state index in [0.717, 1.165) is 4.68 Å². The molecule has 9 nitrogen and oxygen atoms in total. The number of sulfonamides is 1. The van der Waals surface area contributed by atoms with Gasteiger partial charge in [0.15, 0.2) is 0 Å². The van der Waals surface area contributed by atoms with Crippen molar-refractivity contribution in [2.45, 2.75) is 24.2 Å². The summed E-state index contributed by atoms with van der Waals surface area (Å²) in [6, 6.07) is -0.230. The van der Waals surface area contributed by atoms with Crippen LogP contribution in [0.4, 0.5) is 37.8 Å². The Kier molecular flexibility index (Phi) is 5.55. The minimum Gasteiger partial charge on any atom is -0.286 e. The highest BCUT2D eigenvalue weighted by Gasteiger charge is 2.38. The van der Waals surface area contributed by atoms with E-state index in [-0.39, 0.29) is 23.9 Å². The maximum absolute atomic E-state index is 12.9. The van der Waals surface area contributed by atoms with Gasteiger partial charge in [-0.3, -0.25) is 15.5 Å². The second-order valence-electron chi connectivity index (χ2n) is 5.64. The number of hydrogen-bond donors (Lipinski definition) is 2. The van der Waals surface area contributed by atoms with Gasteiger partial charge in [0.2, 0.25) is 5.82 Å². The van der Waals surface area contributed by atoms with E-state index in [4.69, 9.17) is 0 Å². The van der Waals surface area contributed by atoms with Crippen LogP contribution < -0.4 is 10.3 Å². The Morgan fingerprint density at radius 2 is 1.55 bits per heavy atom. The number of nitrogens with one attached hydrogen (secondary N) is 2. The average molecular weight is 447 g/mol. The minimum atomic E-state index is -5.25. The van der Waals surface area contributed by atoms with Gasteiger partial charge in [-0.1, -0.05) is 0 Å². The second-order valence-corrected chi connectivity index (χ2v) is 7.32. The fraction of sp³-hybridized carbons (Fsp3) is 0.308. The number of alkyl halides is 6. The van der Waals surface area contributed by atoms with Crippen molar-refractivity contribution < 1.29 is 39.7 Å². The Morgan fingerprint density at radius 1 is 1.07 bits per heavy atom. The first-order valence-electron chi connectivity index (χ1n) is 7.29. The molecular formula is C13H11F6N5O4S. The lowest BCUT2D eigenvalue weighted by Crippen LogP contribution is -2.31. The Bertz CT molecular complexity index is 1030. The molecule has 0 amide bonds. The van der Waals surface area contributed by atoms with Crippen LogP contribution in [0.5, 0.6) is 0 Å². The van der Waals surface area contributed by atoms with Gasteiger partial charge in [0.05, 0.1) is 20.9 Å². The summed E-state index contributed by atoms with van der Waals surface area (Å²) >= 11 is 0. The SMILES string of the molecule is Cc1nn(C)c(NNS(=O)(=O)c2cc(C(F)(F)F)cc(C(F)(F)F)c2)c1[N+](=O)[O-]. The van der Waals surface area contributed by atoms with E-state index in [1.54, 1.807) is 0 Å². The molecule has 2 rings (SSSR count). The molecule has 0 fully saturated rings. The Labute approximate surface area is 158 Å². The van der Waals surface area contributed by atoms with Crippen LogP contribution in [0.15, 0.2) is 23.1 Å². The summed E-state index contributed by atoms with van der Waals surface area (Å²) in [5.41, 5.74) is -2.54. The van der Waals surface area contributed by atoms with Crippen molar-refractivity contribution in [3.8, 4) is 0 Å². The molecule has 0 aliphatic rings. The van der Waals surface area contributed by atoms with Crippen molar-refractivity contribution >= 4 is 21.5 Å². The third-order valence-corrected chi connectivity index (χ3v) is 4.78. The molecule has 0 saturated heterocycles. The zero-order chi connectivity index (χ0) is 22.4. The molecule has 16 heteroatoms. The molecule has 0 spiro atoms. The lowest BCUT2D eigenvalue weighted by molar-refractivity contribution is -0.384. The van der Waals surface area contributed by atoms with Crippen LogP contribution >= 0.6 is 0 Å². The van der Waals surface area contributed by atoms with Gasteiger partial charge in [-0.25, -0.2) is 13.1 Å². The third-order valence-electron chi connectivity index (χ3n) is 3.55. The first kappa shape index (κ1) is 22.4. The van der Waals surface area contributed by atoms with Gasteiger partial charge < -0.3 is 0 Å². The molecule has 0 radical (unpaired) electrons. The van der Waals surface area contributed by atoms with Crippen molar-refractivity contribution in [3.63, 3.8) is 0 Å². The second kappa shape index (κ2) is 7.18. The largest absolute Gasteiger partial charge is 0.416 e. The number of nitro groups is 1. The molecule has 2 N–H and O–H groups in total. The topological polar surface area (TPSA) is 119 Å². The average Bonchev–Trinajstić information content (AvgIpc) is 2.84. The van der Waals surface area contributed by atoms with Crippen LogP contribution in [-0.2, 0) is 29.4 Å². The highest BCUT2D eigenvalue weighted by Crippen LogP contribution is 2.37. The van der Waals surface area contributed by atoms with Crippen LogP contribution in [0, 0.1) is 17.0 Å². The maximum atomic E-state index is 12.9. The van der Waals surface area contributed by atoms with Gasteiger partial charge in [0.25, 0.3) is 10.0 Å². The molecule has 1 aromatic carbocycles. The van der Waals surface area contributed by atoms with E-state index in [0.29, 0.717) is 0 Å². The summed E-state index contributed by atoms with van der Waals surface area (Å²) in [6.45, 7) is 1.24. The molecule has 1 heterocycles. The molecule has 29 heavy (non-hydrogen) atoms. The van der Waals surface area contributed by atoms with Gasteiger partial charge in [-0.2, -0.15) is 31.4 Å². The van der Waals surface area contributed by atoms with Gasteiger partial charge in [0.1, 0.15) is 5.69 Å². The Balaban J connectivity index is 2.48. The number of hydrazine groups is 1. The molecule has 160 valence electrons. The van der Waals surface area contributed by atoms with Crippen molar-refractivity contribution in [3.05, 3.63) is 45.1 Å². The van der Waals surface area contributed by atoms with Crippen molar-refractivity contribution in [2.24, 2.45) is 7.05 Å². The summed E-state index contributed by atoms with van der Waals surface area (Å²) < 4.78 is 103.